The number of thiocarbonyl (C=S) groups is 1. The normalized spacial score (nSPS) is 11.2. The Kier molecular flexibility index (Phi) is 4.95. The topological polar surface area (TPSA) is 26.3 Å². The second kappa shape index (κ2) is 6.59. The van der Waals surface area contributed by atoms with Crippen LogP contribution in [0.2, 0.25) is 0 Å². The van der Waals surface area contributed by atoms with E-state index in [1.54, 1.807) is 12.1 Å². The van der Waals surface area contributed by atoms with Crippen molar-refractivity contribution < 1.29 is 13.9 Å². The predicted octanol–water partition coefficient (Wildman–Crippen LogP) is 5.10. The Labute approximate surface area is 141 Å². The molecule has 120 valence electrons. The fraction of sp³-hybridized carbons (Fsp3) is 0.263. The summed E-state index contributed by atoms with van der Waals surface area (Å²) in [5.41, 5.74) is 2.89. The van der Waals surface area contributed by atoms with Crippen LogP contribution in [0.15, 0.2) is 36.4 Å². The summed E-state index contributed by atoms with van der Waals surface area (Å²) in [6.45, 7) is 7.54. The van der Waals surface area contributed by atoms with E-state index in [1.165, 1.54) is 12.1 Å². The molecule has 0 saturated heterocycles. The van der Waals surface area contributed by atoms with Crippen LogP contribution < -0.4 is 0 Å². The fourth-order valence-electron chi connectivity index (χ4n) is 2.39. The van der Waals surface area contributed by atoms with E-state index in [0.29, 0.717) is 16.7 Å². The number of rotatable bonds is 3. The van der Waals surface area contributed by atoms with Crippen LogP contribution in [0.25, 0.3) is 11.1 Å². The first-order valence-electron chi connectivity index (χ1n) is 7.31. The van der Waals surface area contributed by atoms with E-state index in [0.717, 1.165) is 17.4 Å². The minimum absolute atomic E-state index is 0.215. The molecule has 23 heavy (non-hydrogen) atoms. The van der Waals surface area contributed by atoms with Crippen molar-refractivity contribution in [3.63, 3.8) is 0 Å². The lowest BCUT2D eigenvalue weighted by Crippen LogP contribution is -2.23. The van der Waals surface area contributed by atoms with Crippen molar-refractivity contribution in [3.05, 3.63) is 58.9 Å². The largest absolute Gasteiger partial charge is 0.477 e. The van der Waals surface area contributed by atoms with Gasteiger partial charge in [-0.25, -0.2) is 4.39 Å². The summed E-state index contributed by atoms with van der Waals surface area (Å²) in [7, 11) is 0. The minimum Gasteiger partial charge on any atom is -0.477 e. The quantitative estimate of drug-likeness (QED) is 0.578. The van der Waals surface area contributed by atoms with E-state index in [9.17, 15) is 9.18 Å². The van der Waals surface area contributed by atoms with Gasteiger partial charge in [0, 0.05) is 11.1 Å². The van der Waals surface area contributed by atoms with Gasteiger partial charge in [-0.05, 0) is 68.7 Å². The molecule has 0 heterocycles. The molecule has 0 bridgehead atoms. The molecule has 0 spiro atoms. The number of benzene rings is 2. The number of carbonyl (C=O) groups excluding carboxylic acids is 1. The molecular weight excluding hydrogens is 311 g/mol. The molecule has 0 unspecified atom stereocenters. The zero-order chi connectivity index (χ0) is 17.2. The van der Waals surface area contributed by atoms with Crippen LogP contribution in [0, 0.1) is 12.7 Å². The number of carbonyl (C=O) groups is 1. The SMILES string of the molecule is Cc1cccc(C=O)c1-c1ccc(F)cc1C(=S)OC(C)(C)C. The number of halogens is 1. The molecule has 2 rings (SSSR count). The molecule has 0 aliphatic rings. The summed E-state index contributed by atoms with van der Waals surface area (Å²) in [4.78, 5) is 11.4. The van der Waals surface area contributed by atoms with E-state index in [2.05, 4.69) is 0 Å². The lowest BCUT2D eigenvalue weighted by Gasteiger charge is -2.23. The van der Waals surface area contributed by atoms with Gasteiger partial charge in [0.05, 0.1) is 0 Å². The lowest BCUT2D eigenvalue weighted by atomic mass is 9.92. The molecule has 0 N–H and O–H groups in total. The Morgan fingerprint density at radius 3 is 2.52 bits per heavy atom. The average molecular weight is 330 g/mol. The number of aldehydes is 1. The molecule has 2 aromatic carbocycles. The smallest absolute Gasteiger partial charge is 0.192 e. The molecule has 0 aliphatic carbocycles. The van der Waals surface area contributed by atoms with Crippen LogP contribution in [-0.2, 0) is 4.74 Å². The Bertz CT molecular complexity index is 760. The number of hydrogen-bond donors (Lipinski definition) is 0. The van der Waals surface area contributed by atoms with Crippen LogP contribution in [-0.4, -0.2) is 16.9 Å². The van der Waals surface area contributed by atoms with E-state index in [4.69, 9.17) is 17.0 Å². The summed E-state index contributed by atoms with van der Waals surface area (Å²) in [6.07, 6.45) is 0.795. The van der Waals surface area contributed by atoms with Crippen molar-refractivity contribution in [1.82, 2.24) is 0 Å². The standard InChI is InChI=1S/C19H19FO2S/c1-12-6-5-7-13(11-21)17(12)15-9-8-14(20)10-16(15)18(23)22-19(2,3)4/h5-11H,1-4H3. The van der Waals surface area contributed by atoms with Crippen molar-refractivity contribution in [3.8, 4) is 11.1 Å². The maximum Gasteiger partial charge on any atom is 0.192 e. The summed E-state index contributed by atoms with van der Waals surface area (Å²) in [5, 5.41) is 0.215. The summed E-state index contributed by atoms with van der Waals surface area (Å²) >= 11 is 5.36. The Balaban J connectivity index is 2.66. The Hall–Kier alpha value is -2.07. The van der Waals surface area contributed by atoms with Crippen molar-refractivity contribution >= 4 is 23.6 Å². The van der Waals surface area contributed by atoms with Crippen LogP contribution in [0.3, 0.4) is 0 Å². The second-order valence-corrected chi connectivity index (χ2v) is 6.72. The zero-order valence-corrected chi connectivity index (χ0v) is 14.5. The predicted molar refractivity (Wildman–Crippen MR) is 94.5 cm³/mol. The first kappa shape index (κ1) is 17.3. The van der Waals surface area contributed by atoms with Gasteiger partial charge in [-0.1, -0.05) is 24.3 Å². The maximum atomic E-state index is 13.8. The Morgan fingerprint density at radius 2 is 1.91 bits per heavy atom. The van der Waals surface area contributed by atoms with E-state index >= 15 is 0 Å². The zero-order valence-electron chi connectivity index (χ0n) is 13.6. The highest BCUT2D eigenvalue weighted by Crippen LogP contribution is 2.31. The van der Waals surface area contributed by atoms with Gasteiger partial charge in [-0.2, -0.15) is 0 Å². The summed E-state index contributed by atoms with van der Waals surface area (Å²) in [5.74, 6) is -0.398. The molecule has 0 saturated carbocycles. The highest BCUT2D eigenvalue weighted by atomic mass is 32.1. The average Bonchev–Trinajstić information content (AvgIpc) is 2.45. The third kappa shape index (κ3) is 4.02. The van der Waals surface area contributed by atoms with Gasteiger partial charge in [0.2, 0.25) is 0 Å². The van der Waals surface area contributed by atoms with Gasteiger partial charge in [-0.3, -0.25) is 4.79 Å². The Morgan fingerprint density at radius 1 is 1.22 bits per heavy atom. The molecule has 4 heteroatoms. The molecule has 0 atom stereocenters. The van der Waals surface area contributed by atoms with E-state index < -0.39 is 11.4 Å². The van der Waals surface area contributed by atoms with Crippen LogP contribution in [0.1, 0.15) is 42.3 Å². The van der Waals surface area contributed by atoms with E-state index in [-0.39, 0.29) is 5.05 Å². The van der Waals surface area contributed by atoms with Gasteiger partial charge in [0.1, 0.15) is 11.4 Å². The van der Waals surface area contributed by atoms with Gasteiger partial charge in [0.15, 0.2) is 11.3 Å². The van der Waals surface area contributed by atoms with Crippen molar-refractivity contribution in [1.29, 1.82) is 0 Å². The maximum absolute atomic E-state index is 13.8. The van der Waals surface area contributed by atoms with Crippen molar-refractivity contribution in [2.45, 2.75) is 33.3 Å². The highest BCUT2D eigenvalue weighted by molar-refractivity contribution is 7.80. The fourth-order valence-corrected chi connectivity index (χ4v) is 2.81. The molecular formula is C19H19FO2S. The van der Waals surface area contributed by atoms with Crippen LogP contribution in [0.5, 0.6) is 0 Å². The summed E-state index contributed by atoms with van der Waals surface area (Å²) in [6, 6.07) is 9.80. The molecule has 0 fully saturated rings. The highest BCUT2D eigenvalue weighted by Gasteiger charge is 2.20. The summed E-state index contributed by atoms with van der Waals surface area (Å²) < 4.78 is 19.5. The number of ether oxygens (including phenoxy) is 1. The minimum atomic E-state index is -0.486. The van der Waals surface area contributed by atoms with Crippen molar-refractivity contribution in [2.24, 2.45) is 0 Å². The van der Waals surface area contributed by atoms with Gasteiger partial charge in [0.25, 0.3) is 0 Å². The molecule has 0 amide bonds. The second-order valence-electron chi connectivity index (χ2n) is 6.35. The van der Waals surface area contributed by atoms with Gasteiger partial charge in [-0.15, -0.1) is 0 Å². The lowest BCUT2D eigenvalue weighted by molar-refractivity contribution is 0.112. The van der Waals surface area contributed by atoms with Gasteiger partial charge >= 0.3 is 0 Å². The van der Waals surface area contributed by atoms with Crippen molar-refractivity contribution in [2.75, 3.05) is 0 Å². The molecule has 2 aromatic rings. The molecule has 0 aliphatic heterocycles. The number of hydrogen-bond acceptors (Lipinski definition) is 3. The monoisotopic (exact) mass is 330 g/mol. The van der Waals surface area contributed by atoms with E-state index in [1.807, 2.05) is 39.8 Å². The van der Waals surface area contributed by atoms with Gasteiger partial charge < -0.3 is 4.74 Å². The third-order valence-corrected chi connectivity index (χ3v) is 3.60. The molecule has 2 nitrogen and oxygen atoms in total. The third-order valence-electron chi connectivity index (χ3n) is 3.30. The van der Waals surface area contributed by atoms with Crippen LogP contribution in [0.4, 0.5) is 4.39 Å². The first-order valence-corrected chi connectivity index (χ1v) is 7.72. The molecule has 0 aromatic heterocycles. The van der Waals surface area contributed by atoms with Crippen LogP contribution >= 0.6 is 12.2 Å². The molecule has 0 radical (unpaired) electrons. The first-order chi connectivity index (χ1) is 10.7. The number of aryl methyl sites for hydroxylation is 1.